The maximum atomic E-state index is 12.0. The molecule has 0 spiro atoms. The largest absolute Gasteiger partial charge is 0.493 e. The molecule has 0 aliphatic carbocycles. The van der Waals surface area contributed by atoms with Crippen molar-refractivity contribution in [2.75, 3.05) is 19.0 Å². The van der Waals surface area contributed by atoms with Gasteiger partial charge in [-0.2, -0.15) is 4.98 Å². The third-order valence-corrected chi connectivity index (χ3v) is 3.93. The van der Waals surface area contributed by atoms with Crippen molar-refractivity contribution in [1.29, 1.82) is 0 Å². The standard InChI is InChI=1S/C20H22N4O4/c1-3-27-16-10-9-14(12-17(16)26-2)20-23-19(28-24-20)8-4-7-18(25)22-15-6-5-11-21-13-15/h5-6,9-13H,3-4,7-8H2,1-2H3,(H,22,25). The predicted molar refractivity (Wildman–Crippen MR) is 103 cm³/mol. The lowest BCUT2D eigenvalue weighted by Crippen LogP contribution is -2.11. The van der Waals surface area contributed by atoms with Gasteiger partial charge in [0.25, 0.3) is 0 Å². The van der Waals surface area contributed by atoms with E-state index in [4.69, 9.17) is 14.0 Å². The van der Waals surface area contributed by atoms with E-state index in [9.17, 15) is 4.79 Å². The molecule has 3 rings (SSSR count). The monoisotopic (exact) mass is 382 g/mol. The van der Waals surface area contributed by atoms with Crippen LogP contribution in [0.1, 0.15) is 25.7 Å². The normalized spacial score (nSPS) is 10.5. The fourth-order valence-electron chi connectivity index (χ4n) is 2.62. The van der Waals surface area contributed by atoms with Crippen molar-refractivity contribution in [1.82, 2.24) is 15.1 Å². The Balaban J connectivity index is 1.55. The molecule has 0 aliphatic rings. The van der Waals surface area contributed by atoms with E-state index in [-0.39, 0.29) is 5.91 Å². The molecule has 1 amide bonds. The van der Waals surface area contributed by atoms with E-state index in [1.807, 2.05) is 19.1 Å². The number of pyridine rings is 1. The summed E-state index contributed by atoms with van der Waals surface area (Å²) in [6, 6.07) is 9.03. The Morgan fingerprint density at radius 3 is 2.89 bits per heavy atom. The number of aromatic nitrogens is 3. The molecule has 8 heteroatoms. The van der Waals surface area contributed by atoms with Crippen LogP contribution in [0.3, 0.4) is 0 Å². The van der Waals surface area contributed by atoms with Crippen molar-refractivity contribution in [3.63, 3.8) is 0 Å². The summed E-state index contributed by atoms with van der Waals surface area (Å²) < 4.78 is 16.2. The highest BCUT2D eigenvalue weighted by atomic mass is 16.5. The van der Waals surface area contributed by atoms with Gasteiger partial charge in [0.2, 0.25) is 17.6 Å². The van der Waals surface area contributed by atoms with Crippen LogP contribution in [-0.2, 0) is 11.2 Å². The Hall–Kier alpha value is -3.42. The van der Waals surface area contributed by atoms with Crippen LogP contribution in [0.4, 0.5) is 5.69 Å². The summed E-state index contributed by atoms with van der Waals surface area (Å²) in [4.78, 5) is 20.3. The van der Waals surface area contributed by atoms with E-state index >= 15 is 0 Å². The molecule has 0 fully saturated rings. The molecule has 28 heavy (non-hydrogen) atoms. The zero-order chi connectivity index (χ0) is 19.8. The lowest BCUT2D eigenvalue weighted by molar-refractivity contribution is -0.116. The smallest absolute Gasteiger partial charge is 0.226 e. The highest BCUT2D eigenvalue weighted by Gasteiger charge is 2.13. The van der Waals surface area contributed by atoms with Crippen LogP contribution >= 0.6 is 0 Å². The minimum absolute atomic E-state index is 0.0796. The molecule has 0 bridgehead atoms. The molecule has 146 valence electrons. The Bertz CT molecular complexity index is 912. The minimum Gasteiger partial charge on any atom is -0.493 e. The summed E-state index contributed by atoms with van der Waals surface area (Å²) in [5, 5.41) is 6.81. The first-order chi connectivity index (χ1) is 13.7. The second-order valence-electron chi connectivity index (χ2n) is 5.95. The quantitative estimate of drug-likeness (QED) is 0.604. The van der Waals surface area contributed by atoms with Crippen LogP contribution in [0.2, 0.25) is 0 Å². The zero-order valence-electron chi connectivity index (χ0n) is 15.8. The average Bonchev–Trinajstić information content (AvgIpc) is 3.18. The summed E-state index contributed by atoms with van der Waals surface area (Å²) in [5.41, 5.74) is 1.45. The predicted octanol–water partition coefficient (Wildman–Crippen LogP) is 3.50. The van der Waals surface area contributed by atoms with Crippen LogP contribution in [0.15, 0.2) is 47.2 Å². The molecular weight excluding hydrogens is 360 g/mol. The Kier molecular flexibility index (Phi) is 6.56. The zero-order valence-corrected chi connectivity index (χ0v) is 15.8. The molecule has 0 saturated carbocycles. The van der Waals surface area contributed by atoms with Gasteiger partial charge < -0.3 is 19.3 Å². The molecule has 0 saturated heterocycles. The molecule has 2 aromatic heterocycles. The van der Waals surface area contributed by atoms with Crippen LogP contribution in [0.5, 0.6) is 11.5 Å². The first kappa shape index (κ1) is 19.3. The van der Waals surface area contributed by atoms with E-state index in [0.717, 1.165) is 5.56 Å². The van der Waals surface area contributed by atoms with Crippen molar-refractivity contribution in [2.24, 2.45) is 0 Å². The number of ether oxygens (including phenoxy) is 2. The number of carbonyl (C=O) groups is 1. The fraction of sp³-hybridized carbons (Fsp3) is 0.300. The molecule has 0 unspecified atom stereocenters. The van der Waals surface area contributed by atoms with Gasteiger partial charge >= 0.3 is 0 Å². The van der Waals surface area contributed by atoms with Gasteiger partial charge in [-0.3, -0.25) is 9.78 Å². The van der Waals surface area contributed by atoms with Crippen molar-refractivity contribution >= 4 is 11.6 Å². The summed E-state index contributed by atoms with van der Waals surface area (Å²) in [6.45, 7) is 2.46. The molecule has 2 heterocycles. The number of benzene rings is 1. The third kappa shape index (κ3) is 5.06. The van der Waals surface area contributed by atoms with Crippen molar-refractivity contribution in [3.05, 3.63) is 48.6 Å². The van der Waals surface area contributed by atoms with Gasteiger partial charge in [0.05, 0.1) is 25.6 Å². The van der Waals surface area contributed by atoms with Crippen LogP contribution in [0, 0.1) is 0 Å². The molecule has 3 aromatic rings. The minimum atomic E-state index is -0.0796. The average molecular weight is 382 g/mol. The van der Waals surface area contributed by atoms with Gasteiger partial charge in [0.1, 0.15) is 0 Å². The molecule has 8 nitrogen and oxygen atoms in total. The van der Waals surface area contributed by atoms with Crippen LogP contribution < -0.4 is 14.8 Å². The molecule has 0 radical (unpaired) electrons. The number of anilines is 1. The molecule has 1 aromatic carbocycles. The van der Waals surface area contributed by atoms with Crippen LogP contribution in [0.25, 0.3) is 11.4 Å². The number of amides is 1. The number of rotatable bonds is 9. The Morgan fingerprint density at radius 2 is 2.14 bits per heavy atom. The van der Waals surface area contributed by atoms with Gasteiger partial charge in [0.15, 0.2) is 11.5 Å². The highest BCUT2D eigenvalue weighted by Crippen LogP contribution is 2.31. The number of hydrogen-bond donors (Lipinski definition) is 1. The van der Waals surface area contributed by atoms with Crippen molar-refractivity contribution in [2.45, 2.75) is 26.2 Å². The second-order valence-corrected chi connectivity index (χ2v) is 5.95. The van der Waals surface area contributed by atoms with Gasteiger partial charge in [0, 0.05) is 24.6 Å². The van der Waals surface area contributed by atoms with E-state index in [2.05, 4.69) is 20.4 Å². The Labute approximate surface area is 162 Å². The van der Waals surface area contributed by atoms with E-state index in [1.165, 1.54) is 0 Å². The molecule has 1 N–H and O–H groups in total. The summed E-state index contributed by atoms with van der Waals surface area (Å²) >= 11 is 0. The first-order valence-corrected chi connectivity index (χ1v) is 9.03. The van der Waals surface area contributed by atoms with Gasteiger partial charge in [-0.05, 0) is 43.7 Å². The lowest BCUT2D eigenvalue weighted by Gasteiger charge is -2.09. The lowest BCUT2D eigenvalue weighted by atomic mass is 10.2. The Morgan fingerprint density at radius 1 is 1.25 bits per heavy atom. The SMILES string of the molecule is CCOc1ccc(-c2noc(CCCC(=O)Nc3cccnc3)n2)cc1OC. The molecule has 0 atom stereocenters. The number of hydrogen-bond acceptors (Lipinski definition) is 7. The second kappa shape index (κ2) is 9.50. The van der Waals surface area contributed by atoms with Gasteiger partial charge in [-0.25, -0.2) is 0 Å². The summed E-state index contributed by atoms with van der Waals surface area (Å²) in [6.07, 6.45) is 4.72. The number of carbonyl (C=O) groups excluding carboxylic acids is 1. The first-order valence-electron chi connectivity index (χ1n) is 9.03. The number of methoxy groups -OCH3 is 1. The van der Waals surface area contributed by atoms with Gasteiger partial charge in [-0.1, -0.05) is 5.16 Å². The molecular formula is C20H22N4O4. The third-order valence-electron chi connectivity index (χ3n) is 3.93. The van der Waals surface area contributed by atoms with Crippen molar-refractivity contribution in [3.8, 4) is 22.9 Å². The fourth-order valence-corrected chi connectivity index (χ4v) is 2.62. The van der Waals surface area contributed by atoms with E-state index in [0.29, 0.717) is 54.8 Å². The maximum Gasteiger partial charge on any atom is 0.226 e. The highest BCUT2D eigenvalue weighted by molar-refractivity contribution is 5.90. The maximum absolute atomic E-state index is 12.0. The van der Waals surface area contributed by atoms with Gasteiger partial charge in [-0.15, -0.1) is 0 Å². The summed E-state index contributed by atoms with van der Waals surface area (Å²) in [7, 11) is 1.58. The number of nitrogens with one attached hydrogen (secondary N) is 1. The molecule has 0 aliphatic heterocycles. The van der Waals surface area contributed by atoms with E-state index < -0.39 is 0 Å². The van der Waals surface area contributed by atoms with Crippen LogP contribution in [-0.4, -0.2) is 34.7 Å². The van der Waals surface area contributed by atoms with Crippen molar-refractivity contribution < 1.29 is 18.8 Å². The number of aryl methyl sites for hydroxylation is 1. The van der Waals surface area contributed by atoms with E-state index in [1.54, 1.807) is 37.7 Å². The number of nitrogens with zero attached hydrogens (tertiary/aromatic N) is 3. The topological polar surface area (TPSA) is 99.4 Å². The summed E-state index contributed by atoms with van der Waals surface area (Å²) in [5.74, 6) is 2.15.